The average molecular weight is 278 g/mol. The lowest BCUT2D eigenvalue weighted by Gasteiger charge is -2.44. The number of halogens is 3. The predicted molar refractivity (Wildman–Crippen MR) is 70.1 cm³/mol. The van der Waals surface area contributed by atoms with Gasteiger partial charge < -0.3 is 5.32 Å². The van der Waals surface area contributed by atoms with Gasteiger partial charge >= 0.3 is 6.18 Å². The van der Waals surface area contributed by atoms with E-state index in [4.69, 9.17) is 0 Å². The standard InChI is InChI=1S/C14H25F3N2/c1-2-12-8-18-13(11-6-4-3-5-7-11)9-19(12)10-14(15,16)17/h11-13,18H,2-10H2,1H3. The summed E-state index contributed by atoms with van der Waals surface area (Å²) in [4.78, 5) is 1.65. The lowest BCUT2D eigenvalue weighted by atomic mass is 9.82. The van der Waals surface area contributed by atoms with E-state index in [-0.39, 0.29) is 12.1 Å². The summed E-state index contributed by atoms with van der Waals surface area (Å²) in [6.07, 6.45) is 2.80. The van der Waals surface area contributed by atoms with Crippen molar-refractivity contribution >= 4 is 0 Å². The highest BCUT2D eigenvalue weighted by molar-refractivity contribution is 4.90. The Labute approximate surface area is 113 Å². The summed E-state index contributed by atoms with van der Waals surface area (Å²) >= 11 is 0. The fraction of sp³-hybridized carbons (Fsp3) is 1.00. The van der Waals surface area contributed by atoms with E-state index in [1.54, 1.807) is 4.90 Å². The molecule has 0 aromatic heterocycles. The molecule has 19 heavy (non-hydrogen) atoms. The molecule has 1 saturated heterocycles. The van der Waals surface area contributed by atoms with Crippen LogP contribution < -0.4 is 5.32 Å². The average Bonchev–Trinajstić information content (AvgIpc) is 2.38. The number of nitrogens with one attached hydrogen (secondary N) is 1. The Hall–Kier alpha value is -0.290. The lowest BCUT2D eigenvalue weighted by Crippen LogP contribution is -2.60. The molecule has 112 valence electrons. The second-order valence-electron chi connectivity index (χ2n) is 6.02. The number of hydrogen-bond acceptors (Lipinski definition) is 2. The van der Waals surface area contributed by atoms with Gasteiger partial charge in [-0.25, -0.2) is 0 Å². The van der Waals surface area contributed by atoms with Gasteiger partial charge in [-0.15, -0.1) is 0 Å². The van der Waals surface area contributed by atoms with Crippen LogP contribution in [-0.2, 0) is 0 Å². The molecule has 0 aromatic rings. The molecule has 1 saturated carbocycles. The van der Waals surface area contributed by atoms with Crippen molar-refractivity contribution in [2.45, 2.75) is 63.7 Å². The molecule has 5 heteroatoms. The van der Waals surface area contributed by atoms with Crippen LogP contribution in [0.1, 0.15) is 45.4 Å². The Balaban J connectivity index is 1.94. The summed E-state index contributed by atoms with van der Waals surface area (Å²) in [6.45, 7) is 2.48. The van der Waals surface area contributed by atoms with Crippen LogP contribution >= 0.6 is 0 Å². The molecular weight excluding hydrogens is 253 g/mol. The fourth-order valence-electron chi connectivity index (χ4n) is 3.56. The monoisotopic (exact) mass is 278 g/mol. The van der Waals surface area contributed by atoms with Crippen molar-refractivity contribution in [2.24, 2.45) is 5.92 Å². The topological polar surface area (TPSA) is 15.3 Å². The van der Waals surface area contributed by atoms with Crippen LogP contribution in [0.2, 0.25) is 0 Å². The normalized spacial score (nSPS) is 31.6. The molecule has 1 heterocycles. The molecule has 2 atom stereocenters. The smallest absolute Gasteiger partial charge is 0.311 e. The quantitative estimate of drug-likeness (QED) is 0.853. The van der Waals surface area contributed by atoms with Crippen LogP contribution in [0, 0.1) is 5.92 Å². The molecule has 1 aliphatic heterocycles. The summed E-state index contributed by atoms with van der Waals surface area (Å²) in [5.74, 6) is 0.572. The van der Waals surface area contributed by atoms with Crippen LogP contribution in [0.15, 0.2) is 0 Å². The first-order valence-corrected chi connectivity index (χ1v) is 7.54. The van der Waals surface area contributed by atoms with Crippen molar-refractivity contribution in [2.75, 3.05) is 19.6 Å². The van der Waals surface area contributed by atoms with E-state index in [2.05, 4.69) is 5.32 Å². The Kier molecular flexibility index (Phi) is 5.12. The van der Waals surface area contributed by atoms with E-state index in [0.717, 1.165) is 6.42 Å². The minimum Gasteiger partial charge on any atom is -0.311 e. The largest absolute Gasteiger partial charge is 0.401 e. The fourth-order valence-corrected chi connectivity index (χ4v) is 3.56. The summed E-state index contributed by atoms with van der Waals surface area (Å²) in [5.41, 5.74) is 0. The van der Waals surface area contributed by atoms with E-state index >= 15 is 0 Å². The van der Waals surface area contributed by atoms with Crippen molar-refractivity contribution in [3.63, 3.8) is 0 Å². The van der Waals surface area contributed by atoms with Gasteiger partial charge in [-0.05, 0) is 25.2 Å². The first kappa shape index (κ1) is 15.1. The molecule has 2 rings (SSSR count). The molecule has 0 radical (unpaired) electrons. The summed E-state index contributed by atoms with van der Waals surface area (Å²) in [5, 5.41) is 3.50. The van der Waals surface area contributed by atoms with Crippen LogP contribution in [0.3, 0.4) is 0 Å². The maximum atomic E-state index is 12.7. The third-order valence-electron chi connectivity index (χ3n) is 4.64. The molecule has 0 spiro atoms. The zero-order chi connectivity index (χ0) is 13.9. The van der Waals surface area contributed by atoms with Gasteiger partial charge in [-0.3, -0.25) is 4.90 Å². The van der Waals surface area contributed by atoms with Crippen molar-refractivity contribution < 1.29 is 13.2 Å². The van der Waals surface area contributed by atoms with E-state index < -0.39 is 12.7 Å². The minimum absolute atomic E-state index is 0.0291. The van der Waals surface area contributed by atoms with Gasteiger partial charge in [0.1, 0.15) is 0 Å². The molecule has 1 N–H and O–H groups in total. The summed E-state index contributed by atoms with van der Waals surface area (Å²) in [7, 11) is 0. The molecule has 2 nitrogen and oxygen atoms in total. The van der Waals surface area contributed by atoms with Crippen LogP contribution in [0.5, 0.6) is 0 Å². The van der Waals surface area contributed by atoms with E-state index in [0.29, 0.717) is 19.0 Å². The molecule has 0 amide bonds. The van der Waals surface area contributed by atoms with E-state index in [9.17, 15) is 13.2 Å². The number of hydrogen-bond donors (Lipinski definition) is 1. The van der Waals surface area contributed by atoms with E-state index in [1.165, 1.54) is 32.1 Å². The van der Waals surface area contributed by atoms with Crippen molar-refractivity contribution in [1.82, 2.24) is 10.2 Å². The van der Waals surface area contributed by atoms with Crippen molar-refractivity contribution in [3.05, 3.63) is 0 Å². The van der Waals surface area contributed by atoms with Crippen LogP contribution in [0.25, 0.3) is 0 Å². The lowest BCUT2D eigenvalue weighted by molar-refractivity contribution is -0.155. The number of nitrogens with zero attached hydrogens (tertiary/aromatic N) is 1. The van der Waals surface area contributed by atoms with Crippen LogP contribution in [0.4, 0.5) is 13.2 Å². The maximum absolute atomic E-state index is 12.7. The number of alkyl halides is 3. The first-order chi connectivity index (χ1) is 8.99. The Morgan fingerprint density at radius 3 is 2.42 bits per heavy atom. The highest BCUT2D eigenvalue weighted by Crippen LogP contribution is 2.29. The van der Waals surface area contributed by atoms with Gasteiger partial charge in [-0.1, -0.05) is 26.2 Å². The highest BCUT2D eigenvalue weighted by atomic mass is 19.4. The zero-order valence-electron chi connectivity index (χ0n) is 11.7. The molecule has 0 aromatic carbocycles. The number of piperazine rings is 1. The Morgan fingerprint density at radius 2 is 1.84 bits per heavy atom. The maximum Gasteiger partial charge on any atom is 0.401 e. The zero-order valence-corrected chi connectivity index (χ0v) is 11.7. The van der Waals surface area contributed by atoms with Gasteiger partial charge in [0.05, 0.1) is 6.54 Å². The first-order valence-electron chi connectivity index (χ1n) is 7.54. The van der Waals surface area contributed by atoms with Gasteiger partial charge in [0.2, 0.25) is 0 Å². The van der Waals surface area contributed by atoms with Gasteiger partial charge in [0.15, 0.2) is 0 Å². The molecule has 0 bridgehead atoms. The second-order valence-corrected chi connectivity index (χ2v) is 6.02. The summed E-state index contributed by atoms with van der Waals surface area (Å²) < 4.78 is 38.0. The van der Waals surface area contributed by atoms with Crippen molar-refractivity contribution in [1.29, 1.82) is 0 Å². The molecular formula is C14H25F3N2. The van der Waals surface area contributed by atoms with Gasteiger partial charge in [0.25, 0.3) is 0 Å². The molecule has 1 aliphatic carbocycles. The summed E-state index contributed by atoms with van der Waals surface area (Å²) in [6, 6.07) is 0.284. The van der Waals surface area contributed by atoms with Crippen LogP contribution in [-0.4, -0.2) is 42.8 Å². The third-order valence-corrected chi connectivity index (χ3v) is 4.64. The number of rotatable bonds is 3. The molecule has 2 aliphatic rings. The molecule has 2 fully saturated rings. The van der Waals surface area contributed by atoms with Crippen molar-refractivity contribution in [3.8, 4) is 0 Å². The highest BCUT2D eigenvalue weighted by Gasteiger charge is 2.38. The molecule has 2 unspecified atom stereocenters. The minimum atomic E-state index is -4.08. The van der Waals surface area contributed by atoms with E-state index in [1.807, 2.05) is 6.92 Å². The SMILES string of the molecule is CCC1CNC(C2CCCCC2)CN1CC(F)(F)F. The second kappa shape index (κ2) is 6.44. The van der Waals surface area contributed by atoms with Gasteiger partial charge in [0, 0.05) is 25.2 Å². The third kappa shape index (κ3) is 4.35. The Bertz CT molecular complexity index is 274. The Morgan fingerprint density at radius 1 is 1.16 bits per heavy atom. The van der Waals surface area contributed by atoms with Gasteiger partial charge in [-0.2, -0.15) is 13.2 Å². The predicted octanol–water partition coefficient (Wildman–Crippen LogP) is 3.18.